The number of rotatable bonds is 4. The van der Waals surface area contributed by atoms with E-state index >= 15 is 0 Å². The van der Waals surface area contributed by atoms with Crippen molar-refractivity contribution in [1.29, 1.82) is 0 Å². The lowest BCUT2D eigenvalue weighted by atomic mass is 10.1. The van der Waals surface area contributed by atoms with E-state index in [0.717, 1.165) is 37.7 Å². The average Bonchev–Trinajstić information content (AvgIpc) is 3.18. The molecule has 2 heterocycles. The topological polar surface area (TPSA) is 48.7 Å². The third-order valence-corrected chi connectivity index (χ3v) is 4.24. The number of carbonyl (C=O) groups is 1. The molecule has 1 saturated carbocycles. The fourth-order valence-corrected chi connectivity index (χ4v) is 2.84. The Morgan fingerprint density at radius 2 is 2.15 bits per heavy atom. The molecule has 5 heteroatoms. The van der Waals surface area contributed by atoms with Crippen molar-refractivity contribution in [2.75, 3.05) is 20.1 Å². The molecule has 0 unspecified atom stereocenters. The first-order chi connectivity index (χ1) is 9.72. The van der Waals surface area contributed by atoms with Gasteiger partial charge in [-0.2, -0.15) is 0 Å². The fraction of sp³-hybridized carbons (Fsp3) is 0.667. The van der Waals surface area contributed by atoms with Crippen LogP contribution in [0.25, 0.3) is 0 Å². The number of nitrogens with zero attached hydrogens (tertiary/aromatic N) is 2. The van der Waals surface area contributed by atoms with E-state index in [9.17, 15) is 4.79 Å². The number of furan rings is 1. The van der Waals surface area contributed by atoms with Gasteiger partial charge in [-0.3, -0.25) is 0 Å². The second-order valence-electron chi connectivity index (χ2n) is 5.93. The van der Waals surface area contributed by atoms with Crippen LogP contribution >= 0.6 is 0 Å². The maximum atomic E-state index is 12.1. The van der Waals surface area contributed by atoms with E-state index in [4.69, 9.17) is 4.42 Å². The van der Waals surface area contributed by atoms with Crippen LogP contribution in [0.2, 0.25) is 0 Å². The summed E-state index contributed by atoms with van der Waals surface area (Å²) in [5.74, 6) is 0.811. The average molecular weight is 277 g/mol. The third-order valence-electron chi connectivity index (χ3n) is 4.24. The lowest BCUT2D eigenvalue weighted by molar-refractivity contribution is 0.171. The molecular weight excluding hydrogens is 254 g/mol. The summed E-state index contributed by atoms with van der Waals surface area (Å²) in [5, 5.41) is 3.13. The minimum Gasteiger partial charge on any atom is -0.467 e. The van der Waals surface area contributed by atoms with Crippen LogP contribution in [-0.4, -0.2) is 48.1 Å². The molecule has 0 bridgehead atoms. The predicted octanol–water partition coefficient (Wildman–Crippen LogP) is 2.05. The molecule has 2 fully saturated rings. The third kappa shape index (κ3) is 3.33. The van der Waals surface area contributed by atoms with Gasteiger partial charge in [0, 0.05) is 32.2 Å². The first-order valence-electron chi connectivity index (χ1n) is 7.50. The maximum Gasteiger partial charge on any atom is 0.317 e. The van der Waals surface area contributed by atoms with Gasteiger partial charge in [-0.05, 0) is 37.8 Å². The van der Waals surface area contributed by atoms with Crippen LogP contribution in [0.3, 0.4) is 0 Å². The normalized spacial score (nSPS) is 20.9. The van der Waals surface area contributed by atoms with E-state index in [1.54, 1.807) is 18.2 Å². The minimum atomic E-state index is -0.00808. The van der Waals surface area contributed by atoms with Gasteiger partial charge in [0.2, 0.25) is 0 Å². The van der Waals surface area contributed by atoms with E-state index in [-0.39, 0.29) is 6.03 Å². The van der Waals surface area contributed by atoms with Gasteiger partial charge in [0.05, 0.1) is 12.8 Å². The van der Waals surface area contributed by atoms with Gasteiger partial charge in [-0.15, -0.1) is 0 Å². The highest BCUT2D eigenvalue weighted by atomic mass is 16.3. The molecule has 110 valence electrons. The largest absolute Gasteiger partial charge is 0.467 e. The summed E-state index contributed by atoms with van der Waals surface area (Å²) in [6.45, 7) is 2.76. The highest BCUT2D eigenvalue weighted by Gasteiger charge is 2.32. The summed E-state index contributed by atoms with van der Waals surface area (Å²) in [7, 11) is 1.80. The number of piperidine rings is 1. The number of likely N-dealkylation sites (tertiary alicyclic amines) is 1. The molecule has 1 N–H and O–H groups in total. The molecule has 1 aliphatic heterocycles. The first kappa shape index (κ1) is 13.5. The first-order valence-corrected chi connectivity index (χ1v) is 7.50. The second kappa shape index (κ2) is 5.87. The lowest BCUT2D eigenvalue weighted by Gasteiger charge is -2.33. The number of amides is 2. The molecule has 0 aromatic carbocycles. The summed E-state index contributed by atoms with van der Waals surface area (Å²) < 4.78 is 5.26. The number of nitrogens with one attached hydrogen (secondary N) is 1. The van der Waals surface area contributed by atoms with Crippen molar-refractivity contribution in [2.24, 2.45) is 0 Å². The van der Waals surface area contributed by atoms with Crippen LogP contribution < -0.4 is 5.32 Å². The lowest BCUT2D eigenvalue weighted by Crippen LogP contribution is -2.48. The van der Waals surface area contributed by atoms with Gasteiger partial charge in [-0.1, -0.05) is 0 Å². The zero-order valence-corrected chi connectivity index (χ0v) is 12.0. The van der Waals surface area contributed by atoms with Crippen LogP contribution in [0.4, 0.5) is 4.79 Å². The van der Waals surface area contributed by atoms with Gasteiger partial charge in [-0.25, -0.2) is 4.79 Å². The molecule has 20 heavy (non-hydrogen) atoms. The van der Waals surface area contributed by atoms with E-state index in [1.807, 2.05) is 12.1 Å². The van der Waals surface area contributed by atoms with Crippen molar-refractivity contribution in [3.8, 4) is 0 Å². The van der Waals surface area contributed by atoms with Crippen molar-refractivity contribution in [2.45, 2.75) is 44.3 Å². The van der Waals surface area contributed by atoms with Gasteiger partial charge in [0.25, 0.3) is 0 Å². The highest BCUT2D eigenvalue weighted by molar-refractivity contribution is 5.74. The Bertz CT molecular complexity index is 434. The Morgan fingerprint density at radius 3 is 2.75 bits per heavy atom. The van der Waals surface area contributed by atoms with Crippen molar-refractivity contribution in [1.82, 2.24) is 15.1 Å². The van der Waals surface area contributed by atoms with E-state index in [1.165, 1.54) is 12.8 Å². The second-order valence-corrected chi connectivity index (χ2v) is 5.93. The Morgan fingerprint density at radius 1 is 1.40 bits per heavy atom. The molecule has 5 nitrogen and oxygen atoms in total. The van der Waals surface area contributed by atoms with Gasteiger partial charge < -0.3 is 19.5 Å². The van der Waals surface area contributed by atoms with E-state index in [2.05, 4.69) is 10.2 Å². The maximum absolute atomic E-state index is 12.1. The van der Waals surface area contributed by atoms with Crippen LogP contribution in [-0.2, 0) is 6.54 Å². The number of hydrogen-bond acceptors (Lipinski definition) is 3. The van der Waals surface area contributed by atoms with Crippen molar-refractivity contribution in [3.63, 3.8) is 0 Å². The smallest absolute Gasteiger partial charge is 0.317 e. The molecule has 1 aliphatic carbocycles. The SMILES string of the molecule is CN(Cc1ccco1)C(=O)NC1CCN(C2CC2)CC1. The van der Waals surface area contributed by atoms with Crippen LogP contribution in [0.5, 0.6) is 0 Å². The molecular formula is C15H23N3O2. The standard InChI is InChI=1S/C15H23N3O2/c1-17(11-14-3-2-10-20-14)15(19)16-12-6-8-18(9-7-12)13-4-5-13/h2-3,10,12-13H,4-9,11H2,1H3,(H,16,19). The fourth-order valence-electron chi connectivity index (χ4n) is 2.84. The Balaban J connectivity index is 1.42. The van der Waals surface area contributed by atoms with Crippen molar-refractivity contribution < 1.29 is 9.21 Å². The summed E-state index contributed by atoms with van der Waals surface area (Å²) >= 11 is 0. The highest BCUT2D eigenvalue weighted by Crippen LogP contribution is 2.29. The van der Waals surface area contributed by atoms with Crippen LogP contribution in [0, 0.1) is 0 Å². The monoisotopic (exact) mass is 277 g/mol. The predicted molar refractivity (Wildman–Crippen MR) is 76.3 cm³/mol. The van der Waals surface area contributed by atoms with Gasteiger partial charge in [0.15, 0.2) is 0 Å². The van der Waals surface area contributed by atoms with Crippen molar-refractivity contribution in [3.05, 3.63) is 24.2 Å². The van der Waals surface area contributed by atoms with Gasteiger partial charge >= 0.3 is 6.03 Å². The molecule has 3 rings (SSSR count). The van der Waals surface area contributed by atoms with Crippen molar-refractivity contribution >= 4 is 6.03 Å². The number of hydrogen-bond donors (Lipinski definition) is 1. The minimum absolute atomic E-state index is 0.00808. The molecule has 0 atom stereocenters. The summed E-state index contributed by atoms with van der Waals surface area (Å²) in [6, 6.07) is 4.88. The van der Waals surface area contributed by atoms with E-state index < -0.39 is 0 Å². The Kier molecular flexibility index (Phi) is 3.96. The number of urea groups is 1. The molecule has 1 aromatic rings. The van der Waals surface area contributed by atoms with Crippen LogP contribution in [0.15, 0.2) is 22.8 Å². The molecule has 2 aliphatic rings. The summed E-state index contributed by atoms with van der Waals surface area (Å²) in [4.78, 5) is 16.4. The summed E-state index contributed by atoms with van der Waals surface area (Å²) in [5.41, 5.74) is 0. The molecule has 2 amide bonds. The Hall–Kier alpha value is -1.49. The zero-order valence-electron chi connectivity index (χ0n) is 12.0. The molecule has 0 radical (unpaired) electrons. The zero-order chi connectivity index (χ0) is 13.9. The van der Waals surface area contributed by atoms with Gasteiger partial charge in [0.1, 0.15) is 5.76 Å². The quantitative estimate of drug-likeness (QED) is 0.916. The Labute approximate surface area is 119 Å². The molecule has 1 saturated heterocycles. The number of carbonyl (C=O) groups excluding carboxylic acids is 1. The van der Waals surface area contributed by atoms with E-state index in [0.29, 0.717) is 12.6 Å². The van der Waals surface area contributed by atoms with Crippen LogP contribution in [0.1, 0.15) is 31.4 Å². The molecule has 1 aromatic heterocycles. The summed E-state index contributed by atoms with van der Waals surface area (Å²) in [6.07, 6.45) is 6.49. The molecule has 0 spiro atoms.